The zero-order valence-electron chi connectivity index (χ0n) is 9.90. The monoisotopic (exact) mass is 261 g/mol. The lowest BCUT2D eigenvalue weighted by Gasteiger charge is -2.12. The molecule has 0 amide bonds. The van der Waals surface area contributed by atoms with Gasteiger partial charge in [0, 0.05) is 6.20 Å². The number of hydrogen-bond acceptors (Lipinski definition) is 4. The van der Waals surface area contributed by atoms with E-state index in [0.717, 1.165) is 6.42 Å². The highest BCUT2D eigenvalue weighted by atomic mass is 35.5. The summed E-state index contributed by atoms with van der Waals surface area (Å²) in [6, 6.07) is 8.77. The number of ether oxygens (including phenoxy) is 1. The average molecular weight is 262 g/mol. The first-order valence-corrected chi connectivity index (χ1v) is 5.79. The van der Waals surface area contributed by atoms with Crippen molar-refractivity contribution in [2.24, 2.45) is 0 Å². The van der Waals surface area contributed by atoms with Gasteiger partial charge in [-0.2, -0.15) is 10.5 Å². The highest BCUT2D eigenvalue weighted by molar-refractivity contribution is 6.32. The maximum atomic E-state index is 8.63. The third kappa shape index (κ3) is 3.69. The summed E-state index contributed by atoms with van der Waals surface area (Å²) in [4.78, 5) is 0. The topological polar surface area (TPSA) is 68.8 Å². The first kappa shape index (κ1) is 13.9. The second kappa shape index (κ2) is 7.21. The van der Waals surface area contributed by atoms with Crippen molar-refractivity contribution in [3.8, 4) is 17.9 Å². The summed E-state index contributed by atoms with van der Waals surface area (Å²) >= 11 is 6.03. The van der Waals surface area contributed by atoms with Gasteiger partial charge in [-0.15, -0.1) is 0 Å². The van der Waals surface area contributed by atoms with E-state index in [1.807, 2.05) is 6.92 Å². The van der Waals surface area contributed by atoms with E-state index in [2.05, 4.69) is 5.32 Å². The van der Waals surface area contributed by atoms with E-state index in [-0.39, 0.29) is 5.57 Å². The number of allylic oxidation sites excluding steroid dienone is 1. The van der Waals surface area contributed by atoms with E-state index in [1.165, 1.54) is 6.20 Å². The van der Waals surface area contributed by atoms with E-state index in [0.29, 0.717) is 23.1 Å². The molecule has 92 valence electrons. The Hall–Kier alpha value is -2.17. The van der Waals surface area contributed by atoms with Crippen molar-refractivity contribution >= 4 is 17.3 Å². The maximum Gasteiger partial charge on any atom is 0.161 e. The minimum Gasteiger partial charge on any atom is -0.490 e. The van der Waals surface area contributed by atoms with E-state index < -0.39 is 0 Å². The highest BCUT2D eigenvalue weighted by Gasteiger charge is 2.07. The summed E-state index contributed by atoms with van der Waals surface area (Å²) in [6.07, 6.45) is 2.19. The average Bonchev–Trinajstić information content (AvgIpc) is 2.39. The van der Waals surface area contributed by atoms with E-state index >= 15 is 0 Å². The van der Waals surface area contributed by atoms with Gasteiger partial charge in [-0.05, 0) is 18.6 Å². The number of anilines is 1. The lowest BCUT2D eigenvalue weighted by molar-refractivity contribution is 0.319. The number of nitrogens with one attached hydrogen (secondary N) is 1. The second-order valence-corrected chi connectivity index (χ2v) is 3.80. The van der Waals surface area contributed by atoms with Crippen LogP contribution in [0.15, 0.2) is 30.0 Å². The van der Waals surface area contributed by atoms with Crippen molar-refractivity contribution < 1.29 is 4.74 Å². The largest absolute Gasteiger partial charge is 0.490 e. The van der Waals surface area contributed by atoms with Crippen molar-refractivity contribution in [1.29, 1.82) is 10.5 Å². The van der Waals surface area contributed by atoms with Crippen LogP contribution in [0.5, 0.6) is 5.75 Å². The van der Waals surface area contributed by atoms with Crippen LogP contribution in [0.2, 0.25) is 5.02 Å². The van der Waals surface area contributed by atoms with Crippen LogP contribution in [0.3, 0.4) is 0 Å². The van der Waals surface area contributed by atoms with E-state index in [1.54, 1.807) is 30.3 Å². The van der Waals surface area contributed by atoms with Crippen molar-refractivity contribution in [2.75, 3.05) is 11.9 Å². The first-order chi connectivity index (χ1) is 8.72. The molecular weight excluding hydrogens is 250 g/mol. The lowest BCUT2D eigenvalue weighted by Crippen LogP contribution is -2.00. The third-order valence-corrected chi connectivity index (χ3v) is 2.33. The molecule has 1 rings (SSSR count). The number of nitrogens with zero attached hydrogens (tertiary/aromatic N) is 2. The number of halogens is 1. The first-order valence-electron chi connectivity index (χ1n) is 5.41. The van der Waals surface area contributed by atoms with Gasteiger partial charge in [0.15, 0.2) is 5.75 Å². The fourth-order valence-electron chi connectivity index (χ4n) is 1.21. The lowest BCUT2D eigenvalue weighted by atomic mass is 10.3. The predicted octanol–water partition coefficient (Wildman–Crippen LogP) is 3.47. The van der Waals surface area contributed by atoms with Crippen LogP contribution >= 0.6 is 11.6 Å². The molecule has 0 aliphatic heterocycles. The van der Waals surface area contributed by atoms with Crippen molar-refractivity contribution in [3.05, 3.63) is 35.0 Å². The number of hydrogen-bond donors (Lipinski definition) is 1. The Bertz CT molecular complexity index is 510. The molecule has 0 atom stereocenters. The molecule has 0 saturated heterocycles. The molecule has 18 heavy (non-hydrogen) atoms. The van der Waals surface area contributed by atoms with Gasteiger partial charge in [0.25, 0.3) is 0 Å². The van der Waals surface area contributed by atoms with E-state index in [4.69, 9.17) is 26.9 Å². The van der Waals surface area contributed by atoms with Crippen molar-refractivity contribution in [2.45, 2.75) is 13.3 Å². The van der Waals surface area contributed by atoms with Crippen LogP contribution in [0.25, 0.3) is 0 Å². The van der Waals surface area contributed by atoms with Crippen LogP contribution in [0, 0.1) is 22.7 Å². The Labute approximate surface area is 111 Å². The summed E-state index contributed by atoms with van der Waals surface area (Å²) < 4.78 is 5.53. The second-order valence-electron chi connectivity index (χ2n) is 3.39. The quantitative estimate of drug-likeness (QED) is 0.824. The fourth-order valence-corrected chi connectivity index (χ4v) is 1.44. The standard InChI is InChI=1S/C13H12ClN3O/c1-2-6-18-13-11(14)4-3-5-12(13)17-9-10(7-15)8-16/h3-5,9,17H,2,6H2,1H3. The summed E-state index contributed by atoms with van der Waals surface area (Å²) in [6.45, 7) is 2.54. The molecule has 0 aliphatic rings. The molecule has 1 N–H and O–H groups in total. The van der Waals surface area contributed by atoms with Gasteiger partial charge >= 0.3 is 0 Å². The molecule has 0 saturated carbocycles. The minimum absolute atomic E-state index is 0.0172. The Morgan fingerprint density at radius 2 is 2.17 bits per heavy atom. The minimum atomic E-state index is -0.0172. The Kier molecular flexibility index (Phi) is 5.57. The molecule has 4 nitrogen and oxygen atoms in total. The molecule has 0 heterocycles. The van der Waals surface area contributed by atoms with Crippen LogP contribution in [-0.4, -0.2) is 6.61 Å². The Balaban J connectivity index is 2.96. The molecule has 0 unspecified atom stereocenters. The third-order valence-electron chi connectivity index (χ3n) is 2.03. The fraction of sp³-hybridized carbons (Fsp3) is 0.231. The van der Waals surface area contributed by atoms with Crippen LogP contribution in [0.4, 0.5) is 5.69 Å². The Morgan fingerprint density at radius 1 is 1.44 bits per heavy atom. The van der Waals surface area contributed by atoms with Crippen LogP contribution in [0.1, 0.15) is 13.3 Å². The molecule has 1 aromatic carbocycles. The zero-order valence-corrected chi connectivity index (χ0v) is 10.7. The van der Waals surface area contributed by atoms with Crippen LogP contribution < -0.4 is 10.1 Å². The molecular formula is C13H12ClN3O. The molecule has 0 radical (unpaired) electrons. The SMILES string of the molecule is CCCOc1c(Cl)cccc1NC=C(C#N)C#N. The number of para-hydroxylation sites is 1. The van der Waals surface area contributed by atoms with Gasteiger partial charge in [-0.3, -0.25) is 0 Å². The summed E-state index contributed by atoms with van der Waals surface area (Å²) in [5, 5.41) is 20.6. The molecule has 1 aromatic rings. The predicted molar refractivity (Wildman–Crippen MR) is 70.2 cm³/mol. The Morgan fingerprint density at radius 3 is 2.78 bits per heavy atom. The van der Waals surface area contributed by atoms with Gasteiger partial charge in [-0.25, -0.2) is 0 Å². The van der Waals surface area contributed by atoms with Crippen molar-refractivity contribution in [1.82, 2.24) is 0 Å². The van der Waals surface area contributed by atoms with E-state index in [9.17, 15) is 0 Å². The molecule has 0 spiro atoms. The molecule has 0 aliphatic carbocycles. The molecule has 0 bridgehead atoms. The smallest absolute Gasteiger partial charge is 0.161 e. The van der Waals surface area contributed by atoms with Gasteiger partial charge < -0.3 is 10.1 Å². The van der Waals surface area contributed by atoms with Gasteiger partial charge in [0.2, 0.25) is 0 Å². The number of rotatable bonds is 5. The zero-order chi connectivity index (χ0) is 13.4. The number of benzene rings is 1. The van der Waals surface area contributed by atoms with Gasteiger partial charge in [0.05, 0.1) is 17.3 Å². The summed E-state index contributed by atoms with van der Waals surface area (Å²) in [5.41, 5.74) is 0.607. The molecule has 0 aromatic heterocycles. The highest BCUT2D eigenvalue weighted by Crippen LogP contribution is 2.33. The maximum absolute atomic E-state index is 8.63. The van der Waals surface area contributed by atoms with Gasteiger partial charge in [0.1, 0.15) is 17.7 Å². The normalized spacial score (nSPS) is 8.89. The summed E-state index contributed by atoms with van der Waals surface area (Å²) in [5.74, 6) is 0.521. The summed E-state index contributed by atoms with van der Waals surface area (Å²) in [7, 11) is 0. The van der Waals surface area contributed by atoms with Crippen LogP contribution in [-0.2, 0) is 0 Å². The number of nitriles is 2. The van der Waals surface area contributed by atoms with Gasteiger partial charge in [-0.1, -0.05) is 24.6 Å². The molecule has 0 fully saturated rings. The molecule has 5 heteroatoms. The van der Waals surface area contributed by atoms with Crippen molar-refractivity contribution in [3.63, 3.8) is 0 Å².